The zero-order valence-corrected chi connectivity index (χ0v) is 7.68. The molecule has 0 radical (unpaired) electrons. The first-order chi connectivity index (χ1) is 6.18. The van der Waals surface area contributed by atoms with E-state index in [1.807, 2.05) is 0 Å². The molecule has 0 aliphatic heterocycles. The van der Waals surface area contributed by atoms with E-state index in [2.05, 4.69) is 10.2 Å². The Kier molecular flexibility index (Phi) is 1.77. The van der Waals surface area contributed by atoms with Crippen LogP contribution in [0.25, 0.3) is 10.7 Å². The zero-order valence-electron chi connectivity index (χ0n) is 6.86. The SMILES string of the molecule is Cn1ccc(F)c1-c1nnc(N)s1. The highest BCUT2D eigenvalue weighted by molar-refractivity contribution is 7.18. The Hall–Kier alpha value is -1.43. The molecule has 2 aromatic rings. The van der Waals surface area contributed by atoms with Crippen molar-refractivity contribution in [2.24, 2.45) is 7.05 Å². The van der Waals surface area contributed by atoms with Crippen molar-refractivity contribution in [3.63, 3.8) is 0 Å². The van der Waals surface area contributed by atoms with Gasteiger partial charge in [-0.1, -0.05) is 11.3 Å². The smallest absolute Gasteiger partial charge is 0.203 e. The summed E-state index contributed by atoms with van der Waals surface area (Å²) in [5.74, 6) is -0.307. The molecule has 0 unspecified atom stereocenters. The molecule has 6 heteroatoms. The third-order valence-electron chi connectivity index (χ3n) is 1.67. The fraction of sp³-hybridized carbons (Fsp3) is 0.143. The molecule has 68 valence electrons. The van der Waals surface area contributed by atoms with Crippen LogP contribution in [0.5, 0.6) is 0 Å². The van der Waals surface area contributed by atoms with E-state index in [0.29, 0.717) is 15.8 Å². The van der Waals surface area contributed by atoms with Gasteiger partial charge in [-0.3, -0.25) is 0 Å². The van der Waals surface area contributed by atoms with Gasteiger partial charge in [-0.2, -0.15) is 0 Å². The Morgan fingerprint density at radius 2 is 2.31 bits per heavy atom. The lowest BCUT2D eigenvalue weighted by atomic mass is 10.4. The summed E-state index contributed by atoms with van der Waals surface area (Å²) in [6, 6.07) is 1.38. The van der Waals surface area contributed by atoms with Crippen LogP contribution in [0.2, 0.25) is 0 Å². The third kappa shape index (κ3) is 1.29. The minimum Gasteiger partial charge on any atom is -0.374 e. The molecule has 0 aromatic carbocycles. The Balaban J connectivity index is 2.57. The molecule has 2 N–H and O–H groups in total. The van der Waals surface area contributed by atoms with E-state index in [1.165, 1.54) is 17.4 Å². The van der Waals surface area contributed by atoms with Crippen molar-refractivity contribution in [1.82, 2.24) is 14.8 Å². The average Bonchev–Trinajstić information content (AvgIpc) is 2.60. The lowest BCUT2D eigenvalue weighted by Gasteiger charge is -1.96. The highest BCUT2D eigenvalue weighted by Crippen LogP contribution is 2.26. The molecular weight excluding hydrogens is 191 g/mol. The number of rotatable bonds is 1. The number of aromatic nitrogens is 3. The topological polar surface area (TPSA) is 56.7 Å². The van der Waals surface area contributed by atoms with Gasteiger partial charge < -0.3 is 10.3 Å². The summed E-state index contributed by atoms with van der Waals surface area (Å²) in [7, 11) is 1.75. The summed E-state index contributed by atoms with van der Waals surface area (Å²) >= 11 is 1.17. The molecular formula is C7H7FN4S. The molecule has 0 atom stereocenters. The summed E-state index contributed by atoms with van der Waals surface area (Å²) in [5.41, 5.74) is 5.82. The molecule has 2 rings (SSSR count). The van der Waals surface area contributed by atoms with Crippen molar-refractivity contribution in [3.8, 4) is 10.7 Å². The van der Waals surface area contributed by atoms with Crippen LogP contribution in [0.1, 0.15) is 0 Å². The van der Waals surface area contributed by atoms with Crippen molar-refractivity contribution in [2.75, 3.05) is 5.73 Å². The van der Waals surface area contributed by atoms with Crippen molar-refractivity contribution < 1.29 is 4.39 Å². The second kappa shape index (κ2) is 2.81. The predicted octanol–water partition coefficient (Wildman–Crippen LogP) is 1.26. The van der Waals surface area contributed by atoms with Crippen LogP contribution in [-0.4, -0.2) is 14.8 Å². The van der Waals surface area contributed by atoms with Gasteiger partial charge >= 0.3 is 0 Å². The van der Waals surface area contributed by atoms with Crippen LogP contribution in [-0.2, 0) is 7.05 Å². The van der Waals surface area contributed by atoms with Gasteiger partial charge in [0.25, 0.3) is 0 Å². The molecule has 0 bridgehead atoms. The quantitative estimate of drug-likeness (QED) is 0.750. The van der Waals surface area contributed by atoms with Crippen LogP contribution in [0.3, 0.4) is 0 Å². The first-order valence-electron chi connectivity index (χ1n) is 3.58. The molecule has 0 saturated heterocycles. The maximum atomic E-state index is 13.2. The highest BCUT2D eigenvalue weighted by atomic mass is 32.1. The second-order valence-electron chi connectivity index (χ2n) is 2.57. The van der Waals surface area contributed by atoms with Crippen LogP contribution in [0.4, 0.5) is 9.52 Å². The van der Waals surface area contributed by atoms with Gasteiger partial charge in [-0.25, -0.2) is 4.39 Å². The van der Waals surface area contributed by atoms with E-state index in [4.69, 9.17) is 5.73 Å². The van der Waals surface area contributed by atoms with Gasteiger partial charge in [-0.05, 0) is 6.07 Å². The first kappa shape index (κ1) is 8.18. The minimum atomic E-state index is -0.307. The van der Waals surface area contributed by atoms with Crippen molar-refractivity contribution in [3.05, 3.63) is 18.1 Å². The zero-order chi connectivity index (χ0) is 9.42. The number of halogens is 1. The molecule has 0 fully saturated rings. The average molecular weight is 198 g/mol. The van der Waals surface area contributed by atoms with Crippen molar-refractivity contribution >= 4 is 16.5 Å². The Morgan fingerprint density at radius 3 is 2.77 bits per heavy atom. The Labute approximate surface area is 77.8 Å². The number of hydrogen-bond acceptors (Lipinski definition) is 4. The summed E-state index contributed by atoms with van der Waals surface area (Å²) in [4.78, 5) is 0. The highest BCUT2D eigenvalue weighted by Gasteiger charge is 2.13. The number of nitrogens with two attached hydrogens (primary N) is 1. The fourth-order valence-electron chi connectivity index (χ4n) is 1.08. The van der Waals surface area contributed by atoms with Gasteiger partial charge in [0, 0.05) is 13.2 Å². The van der Waals surface area contributed by atoms with Crippen LogP contribution in [0, 0.1) is 5.82 Å². The molecule has 0 amide bonds. The van der Waals surface area contributed by atoms with Crippen molar-refractivity contribution in [1.29, 1.82) is 0 Å². The number of anilines is 1. The van der Waals surface area contributed by atoms with Gasteiger partial charge in [0.1, 0.15) is 5.69 Å². The van der Waals surface area contributed by atoms with Gasteiger partial charge in [0.05, 0.1) is 0 Å². The molecule has 2 heterocycles. The molecule has 0 aliphatic rings. The van der Waals surface area contributed by atoms with Crippen molar-refractivity contribution in [2.45, 2.75) is 0 Å². The van der Waals surface area contributed by atoms with Crippen LogP contribution >= 0.6 is 11.3 Å². The number of hydrogen-bond donors (Lipinski definition) is 1. The normalized spacial score (nSPS) is 10.6. The summed E-state index contributed by atoms with van der Waals surface area (Å²) in [6.07, 6.45) is 1.63. The summed E-state index contributed by atoms with van der Waals surface area (Å²) in [6.45, 7) is 0. The van der Waals surface area contributed by atoms with E-state index in [-0.39, 0.29) is 5.82 Å². The first-order valence-corrected chi connectivity index (χ1v) is 4.40. The third-order valence-corrected chi connectivity index (χ3v) is 2.43. The Morgan fingerprint density at radius 1 is 1.54 bits per heavy atom. The molecule has 0 saturated carbocycles. The molecule has 2 aromatic heterocycles. The number of aryl methyl sites for hydroxylation is 1. The molecule has 0 spiro atoms. The lowest BCUT2D eigenvalue weighted by Crippen LogP contribution is -1.90. The maximum Gasteiger partial charge on any atom is 0.203 e. The predicted molar refractivity (Wildman–Crippen MR) is 48.7 cm³/mol. The van der Waals surface area contributed by atoms with Crippen LogP contribution < -0.4 is 5.73 Å². The van der Waals surface area contributed by atoms with E-state index in [9.17, 15) is 4.39 Å². The molecule has 4 nitrogen and oxygen atoms in total. The standard InChI is InChI=1S/C7H7FN4S/c1-12-3-2-4(8)5(12)6-10-11-7(9)13-6/h2-3H,1H3,(H2,9,11). The van der Waals surface area contributed by atoms with E-state index < -0.39 is 0 Å². The number of nitrogen functional groups attached to an aromatic ring is 1. The fourth-order valence-corrected chi connectivity index (χ4v) is 1.78. The maximum absolute atomic E-state index is 13.2. The van der Waals surface area contributed by atoms with Gasteiger partial charge in [-0.15, -0.1) is 10.2 Å². The molecule has 13 heavy (non-hydrogen) atoms. The Bertz CT molecular complexity index is 414. The van der Waals surface area contributed by atoms with Gasteiger partial charge in [0.15, 0.2) is 10.8 Å². The van der Waals surface area contributed by atoms with E-state index in [0.717, 1.165) is 0 Å². The van der Waals surface area contributed by atoms with Gasteiger partial charge in [0.2, 0.25) is 5.13 Å². The second-order valence-corrected chi connectivity index (χ2v) is 3.58. The lowest BCUT2D eigenvalue weighted by molar-refractivity contribution is 0.629. The summed E-state index contributed by atoms with van der Waals surface area (Å²) in [5, 5.41) is 8.23. The largest absolute Gasteiger partial charge is 0.374 e. The van der Waals surface area contributed by atoms with Crippen LogP contribution in [0.15, 0.2) is 12.3 Å². The number of nitrogens with zero attached hydrogens (tertiary/aromatic N) is 3. The minimum absolute atomic E-state index is 0.307. The molecule has 0 aliphatic carbocycles. The van der Waals surface area contributed by atoms with E-state index in [1.54, 1.807) is 17.8 Å². The van der Waals surface area contributed by atoms with E-state index >= 15 is 0 Å². The summed E-state index contributed by atoms with van der Waals surface area (Å²) < 4.78 is 14.8. The monoisotopic (exact) mass is 198 g/mol.